The van der Waals surface area contributed by atoms with Gasteiger partial charge in [-0.05, 0) is 11.1 Å². The van der Waals surface area contributed by atoms with Gasteiger partial charge in [0.25, 0.3) is 0 Å². The molecule has 2 heterocycles. The second kappa shape index (κ2) is 5.24. The van der Waals surface area contributed by atoms with E-state index < -0.39 is 0 Å². The van der Waals surface area contributed by atoms with Gasteiger partial charge in [0.05, 0.1) is 18.7 Å². The Morgan fingerprint density at radius 2 is 2.32 bits per heavy atom. The van der Waals surface area contributed by atoms with Crippen LogP contribution in [0.2, 0.25) is 0 Å². The number of carbonyl (C=O) groups excluding carboxylic acids is 1. The molecule has 1 unspecified atom stereocenters. The molecule has 0 radical (unpaired) electrons. The van der Waals surface area contributed by atoms with Crippen molar-refractivity contribution < 1.29 is 9.32 Å². The van der Waals surface area contributed by atoms with Crippen LogP contribution in [0.1, 0.15) is 22.8 Å². The van der Waals surface area contributed by atoms with E-state index in [1.165, 1.54) is 5.56 Å². The Morgan fingerprint density at radius 3 is 3.16 bits per heavy atom. The summed E-state index contributed by atoms with van der Waals surface area (Å²) in [7, 11) is 0. The van der Waals surface area contributed by atoms with Crippen molar-refractivity contribution >= 4 is 5.91 Å². The van der Waals surface area contributed by atoms with Crippen molar-refractivity contribution in [3.63, 3.8) is 0 Å². The number of nitrogens with one attached hydrogen (secondary N) is 2. The number of fused-ring (bicyclic) bond motifs is 1. The molecule has 1 amide bonds. The van der Waals surface area contributed by atoms with Crippen LogP contribution in [-0.2, 0) is 17.9 Å². The number of hydrogen-bond acceptors (Lipinski definition) is 4. The molecule has 0 spiro atoms. The highest BCUT2D eigenvalue weighted by atomic mass is 16.5. The van der Waals surface area contributed by atoms with Crippen molar-refractivity contribution in [2.24, 2.45) is 0 Å². The number of aromatic nitrogens is 1. The average molecular weight is 257 g/mol. The molecule has 0 fully saturated rings. The van der Waals surface area contributed by atoms with Gasteiger partial charge in [-0.15, -0.1) is 0 Å². The van der Waals surface area contributed by atoms with E-state index in [9.17, 15) is 4.79 Å². The molecule has 19 heavy (non-hydrogen) atoms. The number of benzene rings is 1. The molecule has 1 aromatic heterocycles. The monoisotopic (exact) mass is 257 g/mol. The summed E-state index contributed by atoms with van der Waals surface area (Å²) < 4.78 is 4.96. The summed E-state index contributed by atoms with van der Waals surface area (Å²) in [5, 5.41) is 9.76. The summed E-state index contributed by atoms with van der Waals surface area (Å²) in [6.07, 6.45) is 1.57. The molecule has 1 atom stereocenters. The Hall–Kier alpha value is -2.14. The average Bonchev–Trinajstić information content (AvgIpc) is 2.97. The molecule has 3 rings (SSSR count). The second-order valence-corrected chi connectivity index (χ2v) is 4.58. The molecular formula is C14H15N3O2. The van der Waals surface area contributed by atoms with Crippen LogP contribution in [0.15, 0.2) is 41.1 Å². The lowest BCUT2D eigenvalue weighted by atomic mass is 9.90. The minimum atomic E-state index is -0.145. The highest BCUT2D eigenvalue weighted by molar-refractivity contribution is 5.84. The van der Waals surface area contributed by atoms with Crippen molar-refractivity contribution in [1.29, 1.82) is 0 Å². The van der Waals surface area contributed by atoms with Gasteiger partial charge in [-0.1, -0.05) is 29.4 Å². The summed E-state index contributed by atoms with van der Waals surface area (Å²) in [4.78, 5) is 12.2. The Morgan fingerprint density at radius 1 is 1.42 bits per heavy atom. The van der Waals surface area contributed by atoms with Crippen LogP contribution in [0.4, 0.5) is 0 Å². The Bertz CT molecular complexity index is 566. The third-order valence-corrected chi connectivity index (χ3v) is 3.34. The number of rotatable bonds is 3. The van der Waals surface area contributed by atoms with E-state index in [1.54, 1.807) is 12.3 Å². The summed E-state index contributed by atoms with van der Waals surface area (Å²) in [5.41, 5.74) is 2.30. The van der Waals surface area contributed by atoms with Crippen LogP contribution in [0.5, 0.6) is 0 Å². The molecule has 1 aliphatic rings. The lowest BCUT2D eigenvalue weighted by molar-refractivity contribution is -0.122. The number of amides is 1. The van der Waals surface area contributed by atoms with Gasteiger partial charge in [0, 0.05) is 19.2 Å². The first kappa shape index (κ1) is 11.9. The Labute approximate surface area is 111 Å². The van der Waals surface area contributed by atoms with E-state index in [4.69, 9.17) is 4.52 Å². The van der Waals surface area contributed by atoms with E-state index in [0.29, 0.717) is 18.8 Å². The fourth-order valence-electron chi connectivity index (χ4n) is 2.36. The van der Waals surface area contributed by atoms with Gasteiger partial charge in [0.15, 0.2) is 5.76 Å². The molecule has 2 aromatic rings. The number of hydrogen-bond donors (Lipinski definition) is 2. The van der Waals surface area contributed by atoms with Crippen molar-refractivity contribution in [1.82, 2.24) is 15.8 Å². The lowest BCUT2D eigenvalue weighted by Crippen LogP contribution is -2.38. The quantitative estimate of drug-likeness (QED) is 0.866. The van der Waals surface area contributed by atoms with Gasteiger partial charge in [-0.25, -0.2) is 0 Å². The van der Waals surface area contributed by atoms with E-state index in [0.717, 1.165) is 12.1 Å². The standard InChI is InChI=1S/C14H15N3O2/c18-14(16-8-11-5-6-17-19-11)13-9-15-7-10-3-1-2-4-12(10)13/h1-6,13,15H,7-9H2,(H,16,18). The van der Waals surface area contributed by atoms with Gasteiger partial charge < -0.3 is 15.2 Å². The topological polar surface area (TPSA) is 67.2 Å². The van der Waals surface area contributed by atoms with Crippen LogP contribution < -0.4 is 10.6 Å². The first-order chi connectivity index (χ1) is 9.34. The van der Waals surface area contributed by atoms with E-state index in [-0.39, 0.29) is 11.8 Å². The van der Waals surface area contributed by atoms with Gasteiger partial charge in [0.1, 0.15) is 0 Å². The zero-order valence-corrected chi connectivity index (χ0v) is 10.4. The molecule has 5 nitrogen and oxygen atoms in total. The molecule has 1 aromatic carbocycles. The van der Waals surface area contributed by atoms with Gasteiger partial charge in [0.2, 0.25) is 5.91 Å². The molecule has 0 saturated carbocycles. The van der Waals surface area contributed by atoms with E-state index in [2.05, 4.69) is 21.9 Å². The van der Waals surface area contributed by atoms with Crippen LogP contribution in [-0.4, -0.2) is 17.6 Å². The molecule has 98 valence electrons. The van der Waals surface area contributed by atoms with Gasteiger partial charge in [-0.2, -0.15) is 0 Å². The summed E-state index contributed by atoms with van der Waals surface area (Å²) in [6.45, 7) is 1.86. The van der Waals surface area contributed by atoms with Crippen molar-refractivity contribution in [2.75, 3.05) is 6.54 Å². The summed E-state index contributed by atoms with van der Waals surface area (Å²) in [6, 6.07) is 9.79. The third-order valence-electron chi connectivity index (χ3n) is 3.34. The maximum atomic E-state index is 12.2. The molecule has 0 aliphatic carbocycles. The minimum absolute atomic E-state index is 0.0102. The largest absolute Gasteiger partial charge is 0.360 e. The predicted octanol–water partition coefficient (Wildman–Crippen LogP) is 1.18. The molecular weight excluding hydrogens is 242 g/mol. The number of carbonyl (C=O) groups is 1. The highest BCUT2D eigenvalue weighted by Crippen LogP contribution is 2.23. The van der Waals surface area contributed by atoms with Gasteiger partial charge in [-0.3, -0.25) is 4.79 Å². The van der Waals surface area contributed by atoms with E-state index >= 15 is 0 Å². The molecule has 1 aliphatic heterocycles. The van der Waals surface area contributed by atoms with Crippen LogP contribution in [0, 0.1) is 0 Å². The third kappa shape index (κ3) is 2.51. The zero-order valence-electron chi connectivity index (χ0n) is 10.4. The van der Waals surface area contributed by atoms with Crippen LogP contribution in [0.25, 0.3) is 0 Å². The Kier molecular flexibility index (Phi) is 3.29. The minimum Gasteiger partial charge on any atom is -0.360 e. The van der Waals surface area contributed by atoms with Crippen molar-refractivity contribution in [2.45, 2.75) is 19.0 Å². The van der Waals surface area contributed by atoms with Crippen LogP contribution >= 0.6 is 0 Å². The molecule has 5 heteroatoms. The fraction of sp³-hybridized carbons (Fsp3) is 0.286. The predicted molar refractivity (Wildman–Crippen MR) is 69.2 cm³/mol. The smallest absolute Gasteiger partial charge is 0.229 e. The zero-order chi connectivity index (χ0) is 13.1. The van der Waals surface area contributed by atoms with Gasteiger partial charge >= 0.3 is 0 Å². The lowest BCUT2D eigenvalue weighted by Gasteiger charge is -2.25. The normalized spacial score (nSPS) is 17.8. The molecule has 2 N–H and O–H groups in total. The maximum Gasteiger partial charge on any atom is 0.229 e. The summed E-state index contributed by atoms with van der Waals surface area (Å²) >= 11 is 0. The second-order valence-electron chi connectivity index (χ2n) is 4.58. The molecule has 0 bridgehead atoms. The number of nitrogens with zero attached hydrogens (tertiary/aromatic N) is 1. The maximum absolute atomic E-state index is 12.2. The fourth-order valence-corrected chi connectivity index (χ4v) is 2.36. The first-order valence-electron chi connectivity index (χ1n) is 6.30. The molecule has 0 saturated heterocycles. The Balaban J connectivity index is 1.71. The first-order valence-corrected chi connectivity index (χ1v) is 6.30. The van der Waals surface area contributed by atoms with Crippen molar-refractivity contribution in [3.8, 4) is 0 Å². The summed E-state index contributed by atoms with van der Waals surface area (Å²) in [5.74, 6) is 0.523. The van der Waals surface area contributed by atoms with Crippen molar-refractivity contribution in [3.05, 3.63) is 53.4 Å². The highest BCUT2D eigenvalue weighted by Gasteiger charge is 2.25. The van der Waals surface area contributed by atoms with E-state index in [1.807, 2.05) is 18.2 Å². The SMILES string of the molecule is O=C(NCc1ccno1)C1CNCc2ccccc21. The van der Waals surface area contributed by atoms with Crippen LogP contribution in [0.3, 0.4) is 0 Å².